The molecule has 1 aromatic rings. The van der Waals surface area contributed by atoms with E-state index in [1.807, 2.05) is 0 Å². The quantitative estimate of drug-likeness (QED) is 0.838. The lowest BCUT2D eigenvalue weighted by Gasteiger charge is -2.10. The van der Waals surface area contributed by atoms with Gasteiger partial charge in [0.2, 0.25) is 0 Å². The summed E-state index contributed by atoms with van der Waals surface area (Å²) in [6.07, 6.45) is 3.15. The summed E-state index contributed by atoms with van der Waals surface area (Å²) >= 11 is 11.9. The molecule has 92 valence electrons. The summed E-state index contributed by atoms with van der Waals surface area (Å²) in [6, 6.07) is 6.98. The van der Waals surface area contributed by atoms with Crippen molar-refractivity contribution >= 4 is 29.1 Å². The molecule has 1 saturated carbocycles. The van der Waals surface area contributed by atoms with Crippen LogP contribution in [0.25, 0.3) is 0 Å². The minimum Gasteiger partial charge on any atom is -0.352 e. The monoisotopic (exact) mass is 271 g/mol. The van der Waals surface area contributed by atoms with Gasteiger partial charge in [-0.3, -0.25) is 4.79 Å². The van der Waals surface area contributed by atoms with E-state index in [-0.39, 0.29) is 11.3 Å². The first-order valence-electron chi connectivity index (χ1n) is 5.83. The number of benzene rings is 1. The van der Waals surface area contributed by atoms with Crippen LogP contribution in [0.15, 0.2) is 24.3 Å². The molecule has 0 aliphatic heterocycles. The van der Waals surface area contributed by atoms with Crippen LogP contribution < -0.4 is 5.32 Å². The van der Waals surface area contributed by atoms with Gasteiger partial charge in [0.25, 0.3) is 5.91 Å². The molecular weight excluding hydrogens is 257 g/mol. The molecule has 1 fully saturated rings. The van der Waals surface area contributed by atoms with E-state index in [0.717, 1.165) is 19.3 Å². The van der Waals surface area contributed by atoms with Gasteiger partial charge < -0.3 is 5.32 Å². The Kier molecular flexibility index (Phi) is 4.30. The van der Waals surface area contributed by atoms with E-state index >= 15 is 0 Å². The van der Waals surface area contributed by atoms with E-state index < -0.39 is 0 Å². The zero-order chi connectivity index (χ0) is 12.3. The summed E-state index contributed by atoms with van der Waals surface area (Å²) in [5, 5.41) is 3.80. The van der Waals surface area contributed by atoms with E-state index in [0.29, 0.717) is 23.0 Å². The van der Waals surface area contributed by atoms with Crippen molar-refractivity contribution in [2.45, 2.75) is 24.6 Å². The molecule has 1 amide bonds. The van der Waals surface area contributed by atoms with Gasteiger partial charge in [0.05, 0.1) is 0 Å². The first-order valence-corrected chi connectivity index (χ1v) is 6.64. The summed E-state index contributed by atoms with van der Waals surface area (Å²) in [5.74, 6) is 0.450. The van der Waals surface area contributed by atoms with E-state index in [1.165, 1.54) is 0 Å². The van der Waals surface area contributed by atoms with Gasteiger partial charge in [0.15, 0.2) is 0 Å². The van der Waals surface area contributed by atoms with Gasteiger partial charge in [0.1, 0.15) is 0 Å². The van der Waals surface area contributed by atoms with Crippen molar-refractivity contribution in [2.75, 3.05) is 6.54 Å². The van der Waals surface area contributed by atoms with Crippen molar-refractivity contribution in [1.29, 1.82) is 0 Å². The Hall–Kier alpha value is -0.730. The molecular formula is C13H15Cl2NO. The van der Waals surface area contributed by atoms with Crippen LogP contribution in [-0.2, 0) is 0 Å². The predicted molar refractivity (Wildman–Crippen MR) is 70.8 cm³/mol. The fourth-order valence-electron chi connectivity index (χ4n) is 2.17. The summed E-state index contributed by atoms with van der Waals surface area (Å²) < 4.78 is 0. The van der Waals surface area contributed by atoms with Crippen LogP contribution in [0, 0.1) is 5.92 Å². The number of alkyl halides is 1. The number of hydrogen-bond acceptors (Lipinski definition) is 1. The van der Waals surface area contributed by atoms with Crippen LogP contribution >= 0.6 is 23.2 Å². The van der Waals surface area contributed by atoms with Gasteiger partial charge in [-0.25, -0.2) is 0 Å². The molecule has 0 radical (unpaired) electrons. The van der Waals surface area contributed by atoms with Crippen LogP contribution in [0.4, 0.5) is 0 Å². The first-order chi connectivity index (χ1) is 8.15. The third-order valence-electron chi connectivity index (χ3n) is 3.12. The molecule has 0 heterocycles. The Morgan fingerprint density at radius 1 is 1.41 bits per heavy atom. The lowest BCUT2D eigenvalue weighted by atomic mass is 10.1. The summed E-state index contributed by atoms with van der Waals surface area (Å²) in [4.78, 5) is 11.8. The molecule has 0 bridgehead atoms. The third kappa shape index (κ3) is 3.62. The molecule has 17 heavy (non-hydrogen) atoms. The van der Waals surface area contributed by atoms with Crippen LogP contribution in [-0.4, -0.2) is 17.8 Å². The lowest BCUT2D eigenvalue weighted by Crippen LogP contribution is -2.28. The zero-order valence-electron chi connectivity index (χ0n) is 9.46. The van der Waals surface area contributed by atoms with Crippen molar-refractivity contribution in [3.63, 3.8) is 0 Å². The van der Waals surface area contributed by atoms with Crippen LogP contribution in [0.3, 0.4) is 0 Å². The molecule has 1 N–H and O–H groups in total. The Morgan fingerprint density at radius 3 is 2.88 bits per heavy atom. The van der Waals surface area contributed by atoms with Crippen molar-refractivity contribution in [1.82, 2.24) is 5.32 Å². The molecule has 1 aliphatic rings. The molecule has 0 aromatic heterocycles. The topological polar surface area (TPSA) is 29.1 Å². The highest BCUT2D eigenvalue weighted by Gasteiger charge is 2.23. The van der Waals surface area contributed by atoms with Gasteiger partial charge in [-0.1, -0.05) is 17.7 Å². The zero-order valence-corrected chi connectivity index (χ0v) is 11.0. The Balaban J connectivity index is 1.85. The van der Waals surface area contributed by atoms with E-state index in [2.05, 4.69) is 5.32 Å². The summed E-state index contributed by atoms with van der Waals surface area (Å²) in [5.41, 5.74) is 0.609. The first kappa shape index (κ1) is 12.7. The van der Waals surface area contributed by atoms with Crippen LogP contribution in [0.5, 0.6) is 0 Å². The van der Waals surface area contributed by atoms with Crippen molar-refractivity contribution < 1.29 is 4.79 Å². The second-order valence-corrected chi connectivity index (χ2v) is 5.55. The minimum absolute atomic E-state index is 0.0643. The number of carbonyl (C=O) groups is 1. The molecule has 2 unspecified atom stereocenters. The largest absolute Gasteiger partial charge is 0.352 e. The highest BCUT2D eigenvalue weighted by molar-refractivity contribution is 6.30. The number of halogens is 2. The molecule has 4 heteroatoms. The van der Waals surface area contributed by atoms with Crippen LogP contribution in [0.2, 0.25) is 5.02 Å². The molecule has 0 spiro atoms. The number of nitrogens with one attached hydrogen (secondary N) is 1. The maximum absolute atomic E-state index is 11.8. The average molecular weight is 272 g/mol. The number of hydrogen-bond donors (Lipinski definition) is 1. The van der Waals surface area contributed by atoms with Gasteiger partial charge in [-0.2, -0.15) is 0 Å². The normalized spacial score (nSPS) is 23.6. The minimum atomic E-state index is -0.0643. The third-order valence-corrected chi connectivity index (χ3v) is 3.75. The lowest BCUT2D eigenvalue weighted by molar-refractivity contribution is 0.0947. The number of carbonyl (C=O) groups excluding carboxylic acids is 1. The Morgan fingerprint density at radius 2 is 2.24 bits per heavy atom. The maximum atomic E-state index is 11.8. The Bertz CT molecular complexity index is 408. The second-order valence-electron chi connectivity index (χ2n) is 4.50. The highest BCUT2D eigenvalue weighted by Crippen LogP contribution is 2.28. The Labute approximate surface area is 111 Å². The van der Waals surface area contributed by atoms with E-state index in [9.17, 15) is 4.79 Å². The molecule has 0 saturated heterocycles. The van der Waals surface area contributed by atoms with Crippen molar-refractivity contribution in [3.05, 3.63) is 34.9 Å². The number of rotatable bonds is 3. The van der Waals surface area contributed by atoms with Gasteiger partial charge in [-0.15, -0.1) is 11.6 Å². The predicted octanol–water partition coefficient (Wildman–Crippen LogP) is 3.48. The molecule has 1 aliphatic carbocycles. The highest BCUT2D eigenvalue weighted by atomic mass is 35.5. The SMILES string of the molecule is O=C(NCC1CCC(Cl)C1)c1cccc(Cl)c1. The van der Waals surface area contributed by atoms with Crippen molar-refractivity contribution in [2.24, 2.45) is 5.92 Å². The van der Waals surface area contributed by atoms with E-state index in [1.54, 1.807) is 24.3 Å². The molecule has 2 rings (SSSR count). The average Bonchev–Trinajstić information content (AvgIpc) is 2.72. The standard InChI is InChI=1S/C13H15Cl2NO/c14-11-3-1-2-10(7-11)13(17)16-8-9-4-5-12(15)6-9/h1-3,7,9,12H,4-6,8H2,(H,16,17). The van der Waals surface area contributed by atoms with Crippen molar-refractivity contribution in [3.8, 4) is 0 Å². The fraction of sp³-hybridized carbons (Fsp3) is 0.462. The number of amides is 1. The fourth-order valence-corrected chi connectivity index (χ4v) is 2.74. The molecule has 1 aromatic carbocycles. The summed E-state index contributed by atoms with van der Waals surface area (Å²) in [7, 11) is 0. The molecule has 2 atom stereocenters. The van der Waals surface area contributed by atoms with Gasteiger partial charge in [-0.05, 0) is 43.4 Å². The maximum Gasteiger partial charge on any atom is 0.251 e. The second kappa shape index (κ2) is 5.74. The smallest absolute Gasteiger partial charge is 0.251 e. The molecule has 2 nitrogen and oxygen atoms in total. The van der Waals surface area contributed by atoms with Crippen LogP contribution in [0.1, 0.15) is 29.6 Å². The van der Waals surface area contributed by atoms with Gasteiger partial charge in [0, 0.05) is 22.5 Å². The van der Waals surface area contributed by atoms with E-state index in [4.69, 9.17) is 23.2 Å². The van der Waals surface area contributed by atoms with Gasteiger partial charge >= 0.3 is 0 Å². The summed E-state index contributed by atoms with van der Waals surface area (Å²) in [6.45, 7) is 0.703.